The van der Waals surface area contributed by atoms with Crippen LogP contribution in [0.1, 0.15) is 27.7 Å². The van der Waals surface area contributed by atoms with Crippen molar-refractivity contribution in [2.45, 2.75) is 27.7 Å². The number of rotatable bonds is 4. The number of carbonyl (C=O) groups excluding carboxylic acids is 1. The van der Waals surface area contributed by atoms with Gasteiger partial charge in [-0.1, -0.05) is 27.7 Å². The maximum atomic E-state index is 11.5. The second kappa shape index (κ2) is 3.78. The van der Waals surface area contributed by atoms with Gasteiger partial charge < -0.3 is 0 Å². The van der Waals surface area contributed by atoms with E-state index in [9.17, 15) is 13.2 Å². The normalized spacial score (nSPS) is 13.4. The monoisotopic (exact) mass is 206 g/mol. The third-order valence-electron chi connectivity index (χ3n) is 2.56. The highest BCUT2D eigenvalue weighted by Gasteiger charge is 2.32. The molecule has 0 spiro atoms. The molecule has 0 saturated carbocycles. The molecule has 0 aliphatic rings. The van der Waals surface area contributed by atoms with Gasteiger partial charge in [-0.05, 0) is 5.92 Å². The molecule has 0 fully saturated rings. The number of sulfone groups is 1. The van der Waals surface area contributed by atoms with E-state index in [0.717, 1.165) is 6.26 Å². The van der Waals surface area contributed by atoms with Gasteiger partial charge in [0.25, 0.3) is 0 Å². The van der Waals surface area contributed by atoms with Crippen molar-refractivity contribution < 1.29 is 13.2 Å². The smallest absolute Gasteiger partial charge is 0.154 e. The molecule has 0 unspecified atom stereocenters. The average molecular weight is 206 g/mol. The molecule has 0 aliphatic carbocycles. The first-order valence-electron chi connectivity index (χ1n) is 4.28. The maximum Gasteiger partial charge on any atom is 0.154 e. The Morgan fingerprint density at radius 1 is 1.31 bits per heavy atom. The van der Waals surface area contributed by atoms with Crippen LogP contribution < -0.4 is 0 Å². The fourth-order valence-corrected chi connectivity index (χ4v) is 1.59. The summed E-state index contributed by atoms with van der Waals surface area (Å²) in [6.45, 7) is 7.40. The SMILES string of the molecule is CC(C)C(C)(C)C(=O)CS(C)(=O)=O. The first-order valence-corrected chi connectivity index (χ1v) is 6.34. The Labute approximate surface area is 80.4 Å². The van der Waals surface area contributed by atoms with Crippen molar-refractivity contribution in [3.8, 4) is 0 Å². The first-order chi connectivity index (χ1) is 5.57. The Hall–Kier alpha value is -0.380. The highest BCUT2D eigenvalue weighted by Crippen LogP contribution is 2.27. The number of Topliss-reactive ketones (excluding diaryl/α,β-unsaturated/α-hetero) is 1. The minimum atomic E-state index is -3.19. The van der Waals surface area contributed by atoms with Gasteiger partial charge >= 0.3 is 0 Å². The van der Waals surface area contributed by atoms with Crippen LogP contribution in [0, 0.1) is 11.3 Å². The van der Waals surface area contributed by atoms with Crippen molar-refractivity contribution in [2.75, 3.05) is 12.0 Å². The molecule has 0 atom stereocenters. The summed E-state index contributed by atoms with van der Waals surface area (Å²) in [4.78, 5) is 11.5. The third-order valence-corrected chi connectivity index (χ3v) is 3.34. The van der Waals surface area contributed by atoms with Gasteiger partial charge in [0.15, 0.2) is 15.6 Å². The average Bonchev–Trinajstić information content (AvgIpc) is 1.82. The Balaban J connectivity index is 4.63. The van der Waals surface area contributed by atoms with Crippen molar-refractivity contribution in [2.24, 2.45) is 11.3 Å². The van der Waals surface area contributed by atoms with E-state index in [4.69, 9.17) is 0 Å². The number of carbonyl (C=O) groups is 1. The van der Waals surface area contributed by atoms with Crippen LogP contribution in [0.25, 0.3) is 0 Å². The molecule has 0 aliphatic heterocycles. The van der Waals surface area contributed by atoms with E-state index in [1.54, 1.807) is 13.8 Å². The molecule has 0 bridgehead atoms. The summed E-state index contributed by atoms with van der Waals surface area (Å²) in [5, 5.41) is 0. The molecule has 13 heavy (non-hydrogen) atoms. The largest absolute Gasteiger partial charge is 0.298 e. The molecule has 3 nitrogen and oxygen atoms in total. The van der Waals surface area contributed by atoms with E-state index in [1.807, 2.05) is 13.8 Å². The van der Waals surface area contributed by atoms with Crippen molar-refractivity contribution >= 4 is 15.6 Å². The topological polar surface area (TPSA) is 51.2 Å². The minimum Gasteiger partial charge on any atom is -0.298 e. The van der Waals surface area contributed by atoms with Crippen LogP contribution >= 0.6 is 0 Å². The molecule has 0 heterocycles. The molecular weight excluding hydrogens is 188 g/mol. The first kappa shape index (κ1) is 12.6. The van der Waals surface area contributed by atoms with E-state index >= 15 is 0 Å². The van der Waals surface area contributed by atoms with Gasteiger partial charge in [0.2, 0.25) is 0 Å². The summed E-state index contributed by atoms with van der Waals surface area (Å²) >= 11 is 0. The second-order valence-electron chi connectivity index (χ2n) is 4.37. The molecule has 0 aromatic heterocycles. The zero-order valence-electron chi connectivity index (χ0n) is 8.92. The summed E-state index contributed by atoms with van der Waals surface area (Å²) in [5.41, 5.74) is -0.552. The molecule has 4 heteroatoms. The molecule has 0 aromatic carbocycles. The lowest BCUT2D eigenvalue weighted by atomic mass is 9.78. The molecular formula is C9H18O3S. The molecule has 0 N–H and O–H groups in total. The summed E-state index contributed by atoms with van der Waals surface area (Å²) in [7, 11) is -3.19. The quantitative estimate of drug-likeness (QED) is 0.696. The predicted molar refractivity (Wildman–Crippen MR) is 53.3 cm³/mol. The fourth-order valence-electron chi connectivity index (χ4n) is 0.746. The molecule has 0 aromatic rings. The lowest BCUT2D eigenvalue weighted by Gasteiger charge is -2.26. The van der Waals surface area contributed by atoms with Gasteiger partial charge in [-0.2, -0.15) is 0 Å². The Kier molecular flexibility index (Phi) is 3.67. The second-order valence-corrected chi connectivity index (χ2v) is 6.51. The van der Waals surface area contributed by atoms with Crippen molar-refractivity contribution in [3.05, 3.63) is 0 Å². The standard InChI is InChI=1S/C9H18O3S/c1-7(2)9(3,4)8(10)6-13(5,11)12/h7H,6H2,1-5H3. The van der Waals surface area contributed by atoms with Crippen LogP contribution in [0.15, 0.2) is 0 Å². The van der Waals surface area contributed by atoms with Gasteiger partial charge in [0.1, 0.15) is 5.75 Å². The predicted octanol–water partition coefficient (Wildman–Crippen LogP) is 1.28. The Morgan fingerprint density at radius 3 is 1.92 bits per heavy atom. The van der Waals surface area contributed by atoms with E-state index in [1.165, 1.54) is 0 Å². The van der Waals surface area contributed by atoms with Crippen molar-refractivity contribution in [1.29, 1.82) is 0 Å². The van der Waals surface area contributed by atoms with E-state index in [0.29, 0.717) is 0 Å². The summed E-state index contributed by atoms with van der Waals surface area (Å²) in [6.07, 6.45) is 1.08. The lowest BCUT2D eigenvalue weighted by Crippen LogP contribution is -2.34. The van der Waals surface area contributed by atoms with E-state index in [-0.39, 0.29) is 17.5 Å². The van der Waals surface area contributed by atoms with E-state index in [2.05, 4.69) is 0 Å². The van der Waals surface area contributed by atoms with Crippen LogP contribution in [0.4, 0.5) is 0 Å². The van der Waals surface area contributed by atoms with Gasteiger partial charge in [0.05, 0.1) is 0 Å². The lowest BCUT2D eigenvalue weighted by molar-refractivity contribution is -0.126. The summed E-state index contributed by atoms with van der Waals surface area (Å²) in [5.74, 6) is -0.398. The fraction of sp³-hybridized carbons (Fsp3) is 0.889. The zero-order chi connectivity index (χ0) is 10.9. The van der Waals surface area contributed by atoms with Crippen LogP contribution in [-0.2, 0) is 14.6 Å². The van der Waals surface area contributed by atoms with Crippen LogP contribution in [0.2, 0.25) is 0 Å². The highest BCUT2D eigenvalue weighted by molar-refractivity contribution is 7.91. The van der Waals surface area contributed by atoms with Crippen LogP contribution in [-0.4, -0.2) is 26.2 Å². The van der Waals surface area contributed by atoms with Crippen LogP contribution in [0.3, 0.4) is 0 Å². The van der Waals surface area contributed by atoms with Gasteiger partial charge in [-0.3, -0.25) is 4.79 Å². The van der Waals surface area contributed by atoms with Crippen molar-refractivity contribution in [1.82, 2.24) is 0 Å². The van der Waals surface area contributed by atoms with Crippen molar-refractivity contribution in [3.63, 3.8) is 0 Å². The molecule has 0 saturated heterocycles. The molecule has 0 rings (SSSR count). The number of hydrogen-bond donors (Lipinski definition) is 0. The highest BCUT2D eigenvalue weighted by atomic mass is 32.2. The molecule has 0 radical (unpaired) electrons. The maximum absolute atomic E-state index is 11.5. The van der Waals surface area contributed by atoms with Gasteiger partial charge in [-0.25, -0.2) is 8.42 Å². The number of ketones is 1. The molecule has 78 valence electrons. The Morgan fingerprint density at radius 2 is 1.69 bits per heavy atom. The van der Waals surface area contributed by atoms with Gasteiger partial charge in [0, 0.05) is 11.7 Å². The van der Waals surface area contributed by atoms with Gasteiger partial charge in [-0.15, -0.1) is 0 Å². The number of hydrogen-bond acceptors (Lipinski definition) is 3. The summed E-state index contributed by atoms with van der Waals surface area (Å²) in [6, 6.07) is 0. The minimum absolute atomic E-state index is 0.154. The van der Waals surface area contributed by atoms with Crippen LogP contribution in [0.5, 0.6) is 0 Å². The third kappa shape index (κ3) is 3.89. The Bertz CT molecular complexity index is 286. The van der Waals surface area contributed by atoms with E-state index < -0.39 is 15.3 Å². The molecule has 0 amide bonds. The zero-order valence-corrected chi connectivity index (χ0v) is 9.73. The summed E-state index contributed by atoms with van der Waals surface area (Å²) < 4.78 is 21.8.